The first-order valence-electron chi connectivity index (χ1n) is 9.80. The second-order valence-corrected chi connectivity index (χ2v) is 6.96. The van der Waals surface area contributed by atoms with Crippen LogP contribution in [0, 0.1) is 0 Å². The molecular formula is C21H32FNO2. The number of alkyl halides is 1. The van der Waals surface area contributed by atoms with Crippen LogP contribution in [-0.4, -0.2) is 31.3 Å². The first kappa shape index (κ1) is 19.9. The van der Waals surface area contributed by atoms with Crippen LogP contribution >= 0.6 is 0 Å². The highest BCUT2D eigenvalue weighted by Gasteiger charge is 2.41. The Morgan fingerprint density at radius 1 is 1.08 bits per heavy atom. The molecular weight excluding hydrogens is 317 g/mol. The number of anilines is 1. The molecule has 140 valence electrons. The monoisotopic (exact) mass is 349 g/mol. The first-order valence-corrected chi connectivity index (χ1v) is 9.80. The lowest BCUT2D eigenvalue weighted by Gasteiger charge is -2.26. The molecule has 0 saturated carbocycles. The van der Waals surface area contributed by atoms with Gasteiger partial charge in [0.1, 0.15) is 6.17 Å². The molecule has 1 heterocycles. The fraction of sp³-hybridized carbons (Fsp3) is 0.667. The molecule has 2 rings (SSSR count). The number of amides is 1. The van der Waals surface area contributed by atoms with Crippen molar-refractivity contribution in [3.05, 3.63) is 29.8 Å². The van der Waals surface area contributed by atoms with Crippen molar-refractivity contribution in [1.29, 1.82) is 0 Å². The fourth-order valence-electron chi connectivity index (χ4n) is 3.29. The lowest BCUT2D eigenvalue weighted by molar-refractivity contribution is -0.117. The van der Waals surface area contributed by atoms with Crippen molar-refractivity contribution in [2.45, 2.75) is 77.4 Å². The molecule has 1 amide bonds. The Morgan fingerprint density at radius 3 is 2.48 bits per heavy atom. The van der Waals surface area contributed by atoms with Gasteiger partial charge in [0.2, 0.25) is 5.91 Å². The summed E-state index contributed by atoms with van der Waals surface area (Å²) < 4.78 is 19.9. The zero-order valence-corrected chi connectivity index (χ0v) is 15.7. The standard InChI is InChI=1S/C21H32FNO2/c1-3-5-7-8-9-17-10-12-18(13-11-17)23-20(16-25-14-6-4-2)19(22)15-21(23)24/h10-13,19-20H,3-9,14-16H2,1-2H3. The average Bonchev–Trinajstić information content (AvgIpc) is 2.90. The maximum Gasteiger partial charge on any atom is 0.230 e. The van der Waals surface area contributed by atoms with E-state index in [2.05, 4.69) is 26.0 Å². The zero-order valence-electron chi connectivity index (χ0n) is 15.7. The van der Waals surface area contributed by atoms with Crippen LogP contribution in [0.4, 0.5) is 10.1 Å². The summed E-state index contributed by atoms with van der Waals surface area (Å²) in [6.07, 6.45) is 6.84. The van der Waals surface area contributed by atoms with Crippen molar-refractivity contribution in [1.82, 2.24) is 0 Å². The van der Waals surface area contributed by atoms with E-state index >= 15 is 0 Å². The van der Waals surface area contributed by atoms with E-state index in [4.69, 9.17) is 4.74 Å². The van der Waals surface area contributed by atoms with E-state index in [0.29, 0.717) is 6.61 Å². The summed E-state index contributed by atoms with van der Waals surface area (Å²) in [6.45, 7) is 5.20. The van der Waals surface area contributed by atoms with E-state index in [9.17, 15) is 9.18 Å². The Balaban J connectivity index is 1.95. The Hall–Kier alpha value is -1.42. The smallest absolute Gasteiger partial charge is 0.230 e. The molecule has 0 radical (unpaired) electrons. The maximum absolute atomic E-state index is 14.3. The maximum atomic E-state index is 14.3. The molecule has 0 bridgehead atoms. The van der Waals surface area contributed by atoms with Crippen LogP contribution in [0.2, 0.25) is 0 Å². The molecule has 0 aliphatic carbocycles. The number of carbonyl (C=O) groups is 1. The van der Waals surface area contributed by atoms with Gasteiger partial charge < -0.3 is 9.64 Å². The highest BCUT2D eigenvalue weighted by Crippen LogP contribution is 2.29. The molecule has 2 unspecified atom stereocenters. The van der Waals surface area contributed by atoms with Crippen molar-refractivity contribution in [3.8, 4) is 0 Å². The Morgan fingerprint density at radius 2 is 1.80 bits per heavy atom. The molecule has 4 heteroatoms. The van der Waals surface area contributed by atoms with E-state index < -0.39 is 12.2 Å². The van der Waals surface area contributed by atoms with Gasteiger partial charge >= 0.3 is 0 Å². The number of benzene rings is 1. The van der Waals surface area contributed by atoms with Gasteiger partial charge in [0.05, 0.1) is 19.1 Å². The number of hydrogen-bond donors (Lipinski definition) is 0. The second-order valence-electron chi connectivity index (χ2n) is 6.96. The van der Waals surface area contributed by atoms with Crippen molar-refractivity contribution in [2.75, 3.05) is 18.1 Å². The lowest BCUT2D eigenvalue weighted by atomic mass is 10.1. The molecule has 1 aromatic carbocycles. The van der Waals surface area contributed by atoms with Crippen LogP contribution in [0.1, 0.15) is 64.4 Å². The average molecular weight is 349 g/mol. The van der Waals surface area contributed by atoms with Crippen molar-refractivity contribution >= 4 is 11.6 Å². The predicted molar refractivity (Wildman–Crippen MR) is 101 cm³/mol. The van der Waals surface area contributed by atoms with E-state index in [1.807, 2.05) is 12.1 Å². The van der Waals surface area contributed by atoms with Gasteiger partial charge in [-0.2, -0.15) is 0 Å². The van der Waals surface area contributed by atoms with Crippen LogP contribution in [0.5, 0.6) is 0 Å². The zero-order chi connectivity index (χ0) is 18.1. The topological polar surface area (TPSA) is 29.5 Å². The Kier molecular flexibility index (Phi) is 8.39. The van der Waals surface area contributed by atoms with Gasteiger partial charge in [0.25, 0.3) is 0 Å². The molecule has 0 N–H and O–H groups in total. The van der Waals surface area contributed by atoms with Crippen LogP contribution in [0.25, 0.3) is 0 Å². The molecule has 1 saturated heterocycles. The fourth-order valence-corrected chi connectivity index (χ4v) is 3.29. The third kappa shape index (κ3) is 5.81. The number of rotatable bonds is 11. The molecule has 0 aromatic heterocycles. The molecule has 1 aromatic rings. The summed E-state index contributed by atoms with van der Waals surface area (Å²) in [5.41, 5.74) is 2.06. The Bertz CT molecular complexity index is 517. The summed E-state index contributed by atoms with van der Waals surface area (Å²) in [7, 11) is 0. The first-order chi connectivity index (χ1) is 12.2. The summed E-state index contributed by atoms with van der Waals surface area (Å²) in [5.74, 6) is -0.146. The Labute approximate surface area is 151 Å². The van der Waals surface area contributed by atoms with E-state index in [0.717, 1.165) is 24.9 Å². The van der Waals surface area contributed by atoms with Gasteiger partial charge in [-0.15, -0.1) is 0 Å². The molecule has 1 fully saturated rings. The van der Waals surface area contributed by atoms with Gasteiger partial charge in [-0.25, -0.2) is 4.39 Å². The number of hydrogen-bond acceptors (Lipinski definition) is 2. The van der Waals surface area contributed by atoms with E-state index in [1.54, 1.807) is 4.90 Å². The molecule has 1 aliphatic rings. The highest BCUT2D eigenvalue weighted by molar-refractivity contribution is 5.97. The number of unbranched alkanes of at least 4 members (excludes halogenated alkanes) is 4. The summed E-state index contributed by atoms with van der Waals surface area (Å²) in [6, 6.07) is 7.53. The molecule has 0 spiro atoms. The highest BCUT2D eigenvalue weighted by atomic mass is 19.1. The van der Waals surface area contributed by atoms with Gasteiger partial charge in [-0.05, 0) is 37.0 Å². The lowest BCUT2D eigenvalue weighted by Crippen LogP contribution is -2.39. The largest absolute Gasteiger partial charge is 0.379 e. The summed E-state index contributed by atoms with van der Waals surface area (Å²) in [5, 5.41) is 0. The number of halogens is 1. The van der Waals surface area contributed by atoms with Gasteiger partial charge in [-0.1, -0.05) is 51.7 Å². The van der Waals surface area contributed by atoms with E-state index in [-0.39, 0.29) is 18.9 Å². The van der Waals surface area contributed by atoms with Gasteiger partial charge in [-0.3, -0.25) is 4.79 Å². The molecule has 25 heavy (non-hydrogen) atoms. The predicted octanol–water partition coefficient (Wildman–Crippen LogP) is 5.07. The summed E-state index contributed by atoms with van der Waals surface area (Å²) >= 11 is 0. The van der Waals surface area contributed by atoms with E-state index in [1.165, 1.54) is 31.2 Å². The SMILES string of the molecule is CCCCCCc1ccc(N2C(=O)CC(F)C2COCCCC)cc1. The van der Waals surface area contributed by atoms with Gasteiger partial charge in [0, 0.05) is 12.3 Å². The number of ether oxygens (including phenoxy) is 1. The minimum absolute atomic E-state index is 0.0411. The number of carbonyl (C=O) groups excluding carboxylic acids is 1. The third-order valence-electron chi connectivity index (χ3n) is 4.85. The van der Waals surface area contributed by atoms with Crippen LogP contribution in [-0.2, 0) is 16.0 Å². The van der Waals surface area contributed by atoms with Crippen molar-refractivity contribution in [3.63, 3.8) is 0 Å². The second kappa shape index (κ2) is 10.5. The van der Waals surface area contributed by atoms with Gasteiger partial charge in [0.15, 0.2) is 0 Å². The number of nitrogens with zero attached hydrogens (tertiary/aromatic N) is 1. The molecule has 3 nitrogen and oxygen atoms in total. The third-order valence-corrected chi connectivity index (χ3v) is 4.85. The molecule has 1 aliphatic heterocycles. The minimum Gasteiger partial charge on any atom is -0.379 e. The quantitative estimate of drug-likeness (QED) is 0.522. The van der Waals surface area contributed by atoms with Crippen molar-refractivity contribution in [2.24, 2.45) is 0 Å². The van der Waals surface area contributed by atoms with Crippen LogP contribution in [0.3, 0.4) is 0 Å². The summed E-state index contributed by atoms with van der Waals surface area (Å²) in [4.78, 5) is 13.8. The van der Waals surface area contributed by atoms with Crippen molar-refractivity contribution < 1.29 is 13.9 Å². The van der Waals surface area contributed by atoms with Crippen LogP contribution < -0.4 is 4.90 Å². The number of aryl methyl sites for hydroxylation is 1. The normalized spacial score (nSPS) is 20.4. The minimum atomic E-state index is -1.15. The van der Waals surface area contributed by atoms with Crippen LogP contribution in [0.15, 0.2) is 24.3 Å². The molecule has 2 atom stereocenters.